The molecule has 0 radical (unpaired) electrons. The lowest BCUT2D eigenvalue weighted by atomic mass is 10.2. The van der Waals surface area contributed by atoms with Gasteiger partial charge in [0.1, 0.15) is 0 Å². The maximum Gasteiger partial charge on any atom is 0.288 e. The number of benzene rings is 1. The van der Waals surface area contributed by atoms with Crippen molar-refractivity contribution in [1.82, 2.24) is 0 Å². The first-order chi connectivity index (χ1) is 9.06. The number of rotatable bonds is 5. The van der Waals surface area contributed by atoms with Crippen molar-refractivity contribution in [3.8, 4) is 0 Å². The van der Waals surface area contributed by atoms with Gasteiger partial charge in [0.25, 0.3) is 5.76 Å². The van der Waals surface area contributed by atoms with Crippen molar-refractivity contribution >= 4 is 28.8 Å². The van der Waals surface area contributed by atoms with E-state index >= 15 is 0 Å². The molecule has 1 aromatic heterocycles. The smallest absolute Gasteiger partial charge is 0.288 e. The molecule has 0 bridgehead atoms. The minimum atomic E-state index is -2.40. The van der Waals surface area contributed by atoms with Crippen LogP contribution in [0.1, 0.15) is 15.3 Å². The highest BCUT2D eigenvalue weighted by Gasteiger charge is 2.10. The zero-order valence-corrected chi connectivity index (χ0v) is 12.4. The molecular weight excluding hydrogens is 284 g/mol. The van der Waals surface area contributed by atoms with Crippen LogP contribution in [0.15, 0.2) is 35.2 Å². The van der Waals surface area contributed by atoms with Crippen LogP contribution < -0.4 is 5.32 Å². The second-order valence-corrected chi connectivity index (χ2v) is 6.66. The Hall–Kier alpha value is -1.07. The van der Waals surface area contributed by atoms with E-state index in [1.807, 2.05) is 12.1 Å². The summed E-state index contributed by atoms with van der Waals surface area (Å²) in [6.45, 7) is 4.81. The first-order valence-electron chi connectivity index (χ1n) is 5.90. The molecule has 0 unspecified atom stereocenters. The van der Waals surface area contributed by atoms with E-state index in [4.69, 9.17) is 0 Å². The maximum absolute atomic E-state index is 12.5. The monoisotopic (exact) mass is 299 g/mol. The Morgan fingerprint density at radius 1 is 1.26 bits per heavy atom. The van der Waals surface area contributed by atoms with E-state index in [9.17, 15) is 8.78 Å². The highest BCUT2D eigenvalue weighted by Crippen LogP contribution is 2.32. The lowest BCUT2D eigenvalue weighted by Crippen LogP contribution is -2.01. The van der Waals surface area contributed by atoms with E-state index in [-0.39, 0.29) is 0 Å². The summed E-state index contributed by atoms with van der Waals surface area (Å²) in [5.41, 5.74) is 1.98. The number of aryl methyl sites for hydroxylation is 2. The molecule has 0 aliphatic carbocycles. The lowest BCUT2D eigenvalue weighted by molar-refractivity contribution is 0.252. The molecule has 0 saturated heterocycles. The number of halogens is 2. The molecule has 0 aliphatic heterocycles. The van der Waals surface area contributed by atoms with Gasteiger partial charge in [-0.2, -0.15) is 8.78 Å². The van der Waals surface area contributed by atoms with Crippen LogP contribution in [-0.4, -0.2) is 5.76 Å². The van der Waals surface area contributed by atoms with Crippen LogP contribution in [0, 0.1) is 13.8 Å². The fourth-order valence-electron chi connectivity index (χ4n) is 1.86. The standard InChI is InChI=1S/C14H15F2NS2/c1-9-7-11(10(2)18-9)8-17-12-5-3-4-6-13(12)19-14(15)16/h3-7,14,17H,8H2,1-2H3. The number of thiophene rings is 1. The van der Waals surface area contributed by atoms with Gasteiger partial charge in [-0.3, -0.25) is 0 Å². The maximum atomic E-state index is 12.5. The first kappa shape index (κ1) is 14.3. The number of alkyl halides is 2. The van der Waals surface area contributed by atoms with Crippen LogP contribution in [0.4, 0.5) is 14.5 Å². The average molecular weight is 299 g/mol. The molecule has 2 rings (SSSR count). The molecule has 19 heavy (non-hydrogen) atoms. The predicted molar refractivity (Wildman–Crippen MR) is 79.4 cm³/mol. The fourth-order valence-corrected chi connectivity index (χ4v) is 3.42. The van der Waals surface area contributed by atoms with E-state index in [2.05, 4.69) is 25.2 Å². The second kappa shape index (κ2) is 6.39. The van der Waals surface area contributed by atoms with Gasteiger partial charge in [-0.05, 0) is 37.6 Å². The Bertz CT molecular complexity index is 552. The van der Waals surface area contributed by atoms with Crippen LogP contribution >= 0.6 is 23.1 Å². The van der Waals surface area contributed by atoms with Gasteiger partial charge in [0.15, 0.2) is 0 Å². The number of anilines is 1. The Labute approximate surface area is 120 Å². The molecule has 2 aromatic rings. The molecule has 1 N–H and O–H groups in total. The molecule has 1 nitrogen and oxygen atoms in total. The van der Waals surface area contributed by atoms with Crippen LogP contribution in [0.3, 0.4) is 0 Å². The topological polar surface area (TPSA) is 12.0 Å². The van der Waals surface area contributed by atoms with Crippen molar-refractivity contribution in [2.75, 3.05) is 5.32 Å². The van der Waals surface area contributed by atoms with E-state index in [1.54, 1.807) is 23.5 Å². The molecule has 0 fully saturated rings. The third-order valence-corrected chi connectivity index (χ3v) is 4.51. The second-order valence-electron chi connectivity index (χ2n) is 4.17. The molecule has 0 aliphatic rings. The number of thioether (sulfide) groups is 1. The van der Waals surface area contributed by atoms with E-state index in [0.29, 0.717) is 23.2 Å². The average Bonchev–Trinajstić information content (AvgIpc) is 2.66. The Balaban J connectivity index is 2.09. The summed E-state index contributed by atoms with van der Waals surface area (Å²) >= 11 is 2.33. The van der Waals surface area contributed by atoms with Gasteiger partial charge in [0, 0.05) is 26.9 Å². The molecule has 0 atom stereocenters. The van der Waals surface area contributed by atoms with Crippen molar-refractivity contribution in [3.63, 3.8) is 0 Å². The largest absolute Gasteiger partial charge is 0.380 e. The summed E-state index contributed by atoms with van der Waals surface area (Å²) < 4.78 is 24.9. The lowest BCUT2D eigenvalue weighted by Gasteiger charge is -2.11. The van der Waals surface area contributed by atoms with Crippen LogP contribution in [0.25, 0.3) is 0 Å². The van der Waals surface area contributed by atoms with Crippen LogP contribution in [-0.2, 0) is 6.54 Å². The predicted octanol–water partition coefficient (Wildman–Crippen LogP) is 5.29. The van der Waals surface area contributed by atoms with Crippen LogP contribution in [0.2, 0.25) is 0 Å². The number of nitrogens with one attached hydrogen (secondary N) is 1. The molecule has 5 heteroatoms. The van der Waals surface area contributed by atoms with Gasteiger partial charge >= 0.3 is 0 Å². The third-order valence-electron chi connectivity index (χ3n) is 2.72. The fraction of sp³-hybridized carbons (Fsp3) is 0.286. The van der Waals surface area contributed by atoms with E-state index in [1.165, 1.54) is 15.3 Å². The van der Waals surface area contributed by atoms with Gasteiger partial charge in [-0.1, -0.05) is 23.9 Å². The number of hydrogen-bond donors (Lipinski definition) is 1. The van der Waals surface area contributed by atoms with Gasteiger partial charge in [-0.25, -0.2) is 0 Å². The third kappa shape index (κ3) is 3.94. The highest BCUT2D eigenvalue weighted by molar-refractivity contribution is 7.99. The van der Waals surface area contributed by atoms with Gasteiger partial charge in [0.2, 0.25) is 0 Å². The Morgan fingerprint density at radius 3 is 2.63 bits per heavy atom. The minimum absolute atomic E-state index is 0.576. The summed E-state index contributed by atoms with van der Waals surface area (Å²) in [6.07, 6.45) is 0. The Morgan fingerprint density at radius 2 is 2.00 bits per heavy atom. The SMILES string of the molecule is Cc1cc(CNc2ccccc2SC(F)F)c(C)s1. The van der Waals surface area contributed by atoms with E-state index < -0.39 is 5.76 Å². The normalized spacial score (nSPS) is 11.0. The molecule has 1 heterocycles. The van der Waals surface area contributed by atoms with Crippen molar-refractivity contribution in [1.29, 1.82) is 0 Å². The minimum Gasteiger partial charge on any atom is -0.380 e. The summed E-state index contributed by atoms with van der Waals surface area (Å²) in [5, 5.41) is 3.24. The zero-order chi connectivity index (χ0) is 13.8. The van der Waals surface area contributed by atoms with Gasteiger partial charge < -0.3 is 5.32 Å². The first-order valence-corrected chi connectivity index (χ1v) is 7.59. The van der Waals surface area contributed by atoms with Crippen LogP contribution in [0.5, 0.6) is 0 Å². The van der Waals surface area contributed by atoms with Crippen molar-refractivity contribution in [2.24, 2.45) is 0 Å². The summed E-state index contributed by atoms with van der Waals surface area (Å²) in [5.74, 6) is -2.40. The van der Waals surface area contributed by atoms with Gasteiger partial charge in [-0.15, -0.1) is 11.3 Å². The van der Waals surface area contributed by atoms with E-state index in [0.717, 1.165) is 5.69 Å². The van der Waals surface area contributed by atoms with Gasteiger partial charge in [0.05, 0.1) is 0 Å². The molecule has 102 valence electrons. The summed E-state index contributed by atoms with van der Waals surface area (Å²) in [7, 11) is 0. The molecule has 1 aromatic carbocycles. The quantitative estimate of drug-likeness (QED) is 0.753. The Kier molecular flexibility index (Phi) is 4.82. The molecule has 0 amide bonds. The number of hydrogen-bond acceptors (Lipinski definition) is 3. The van der Waals surface area contributed by atoms with Crippen molar-refractivity contribution in [3.05, 3.63) is 45.6 Å². The molecule has 0 saturated carbocycles. The molecule has 0 spiro atoms. The number of para-hydroxylation sites is 1. The molecular formula is C14H15F2NS2. The van der Waals surface area contributed by atoms with Crippen molar-refractivity contribution < 1.29 is 8.78 Å². The summed E-state index contributed by atoms with van der Waals surface area (Å²) in [4.78, 5) is 3.12. The zero-order valence-electron chi connectivity index (χ0n) is 10.7. The van der Waals surface area contributed by atoms with Crippen molar-refractivity contribution in [2.45, 2.75) is 31.0 Å². The highest BCUT2D eigenvalue weighted by atomic mass is 32.2. The summed E-state index contributed by atoms with van der Waals surface area (Å²) in [6, 6.07) is 9.31.